The average molecular weight is 299 g/mol. The molecule has 0 saturated carbocycles. The standard InChI is InChI=1S/C19H25NO2/c1-14(2)16-10-9-15(3)13-19(16)22-12-6-11-21-18-8-5-4-7-17(18)20/h4-5,7-10,13-14H,6,11-12,20H2,1-3H3. The molecule has 0 bridgehead atoms. The van der Waals surface area contributed by atoms with Crippen molar-refractivity contribution in [2.45, 2.75) is 33.1 Å². The number of nitrogens with two attached hydrogens (primary N) is 1. The quantitative estimate of drug-likeness (QED) is 0.602. The summed E-state index contributed by atoms with van der Waals surface area (Å²) in [6, 6.07) is 13.9. The number of ether oxygens (including phenoxy) is 2. The van der Waals surface area contributed by atoms with Crippen LogP contribution in [0, 0.1) is 6.92 Å². The van der Waals surface area contributed by atoms with Gasteiger partial charge in [-0.2, -0.15) is 0 Å². The van der Waals surface area contributed by atoms with Crippen molar-refractivity contribution in [1.82, 2.24) is 0 Å². The number of benzene rings is 2. The molecule has 2 N–H and O–H groups in total. The van der Waals surface area contributed by atoms with Gasteiger partial charge in [0.25, 0.3) is 0 Å². The SMILES string of the molecule is Cc1ccc(C(C)C)c(OCCCOc2ccccc2N)c1. The summed E-state index contributed by atoms with van der Waals surface area (Å²) in [4.78, 5) is 0. The van der Waals surface area contributed by atoms with Crippen LogP contribution in [-0.2, 0) is 0 Å². The van der Waals surface area contributed by atoms with E-state index in [-0.39, 0.29) is 0 Å². The summed E-state index contributed by atoms with van der Waals surface area (Å²) in [5.41, 5.74) is 8.97. The minimum Gasteiger partial charge on any atom is -0.493 e. The molecule has 0 atom stereocenters. The molecule has 0 spiro atoms. The van der Waals surface area contributed by atoms with Crippen LogP contribution in [-0.4, -0.2) is 13.2 Å². The Morgan fingerprint density at radius 2 is 1.64 bits per heavy atom. The summed E-state index contributed by atoms with van der Waals surface area (Å²) >= 11 is 0. The van der Waals surface area contributed by atoms with E-state index in [1.165, 1.54) is 11.1 Å². The van der Waals surface area contributed by atoms with Crippen LogP contribution in [0.25, 0.3) is 0 Å². The van der Waals surface area contributed by atoms with Gasteiger partial charge in [0, 0.05) is 6.42 Å². The highest BCUT2D eigenvalue weighted by atomic mass is 16.5. The van der Waals surface area contributed by atoms with Crippen molar-refractivity contribution in [1.29, 1.82) is 0 Å². The van der Waals surface area contributed by atoms with E-state index in [9.17, 15) is 0 Å². The van der Waals surface area contributed by atoms with Crippen LogP contribution in [0.4, 0.5) is 5.69 Å². The van der Waals surface area contributed by atoms with Crippen molar-refractivity contribution in [2.75, 3.05) is 18.9 Å². The van der Waals surface area contributed by atoms with Gasteiger partial charge in [0.1, 0.15) is 11.5 Å². The van der Waals surface area contributed by atoms with Gasteiger partial charge in [-0.1, -0.05) is 38.1 Å². The molecule has 0 unspecified atom stereocenters. The van der Waals surface area contributed by atoms with Crippen LogP contribution in [0.2, 0.25) is 0 Å². The van der Waals surface area contributed by atoms with E-state index < -0.39 is 0 Å². The van der Waals surface area contributed by atoms with Crippen LogP contribution in [0.1, 0.15) is 37.3 Å². The molecule has 2 aromatic carbocycles. The summed E-state index contributed by atoms with van der Waals surface area (Å²) < 4.78 is 11.6. The summed E-state index contributed by atoms with van der Waals surface area (Å²) in [5, 5.41) is 0. The van der Waals surface area contributed by atoms with Gasteiger partial charge >= 0.3 is 0 Å². The maximum absolute atomic E-state index is 5.94. The molecular weight excluding hydrogens is 274 g/mol. The van der Waals surface area contributed by atoms with Crippen LogP contribution >= 0.6 is 0 Å². The number of rotatable bonds is 7. The van der Waals surface area contributed by atoms with E-state index in [4.69, 9.17) is 15.2 Å². The molecule has 0 aliphatic heterocycles. The third-order valence-electron chi connectivity index (χ3n) is 3.51. The first kappa shape index (κ1) is 16.2. The largest absolute Gasteiger partial charge is 0.493 e. The fourth-order valence-corrected chi connectivity index (χ4v) is 2.28. The Kier molecular flexibility index (Phi) is 5.70. The number of para-hydroxylation sites is 2. The molecule has 0 amide bonds. The Morgan fingerprint density at radius 3 is 2.32 bits per heavy atom. The van der Waals surface area contributed by atoms with Gasteiger partial charge in [-0.25, -0.2) is 0 Å². The molecule has 0 aliphatic rings. The second kappa shape index (κ2) is 7.74. The molecule has 0 aromatic heterocycles. The second-order valence-electron chi connectivity index (χ2n) is 5.78. The smallest absolute Gasteiger partial charge is 0.142 e. The lowest BCUT2D eigenvalue weighted by Gasteiger charge is -2.15. The second-order valence-corrected chi connectivity index (χ2v) is 5.78. The number of nitrogen functional groups attached to an aromatic ring is 1. The monoisotopic (exact) mass is 299 g/mol. The third kappa shape index (κ3) is 4.42. The first-order chi connectivity index (χ1) is 10.6. The zero-order chi connectivity index (χ0) is 15.9. The van der Waals surface area contributed by atoms with E-state index in [0.29, 0.717) is 24.8 Å². The first-order valence-corrected chi connectivity index (χ1v) is 7.78. The van der Waals surface area contributed by atoms with Crippen molar-refractivity contribution in [3.05, 3.63) is 53.6 Å². The Balaban J connectivity index is 1.82. The minimum absolute atomic E-state index is 0.455. The van der Waals surface area contributed by atoms with Crippen molar-refractivity contribution in [2.24, 2.45) is 0 Å². The van der Waals surface area contributed by atoms with Crippen molar-refractivity contribution >= 4 is 5.69 Å². The maximum Gasteiger partial charge on any atom is 0.142 e. The highest BCUT2D eigenvalue weighted by molar-refractivity contribution is 5.51. The molecule has 3 nitrogen and oxygen atoms in total. The van der Waals surface area contributed by atoms with E-state index in [1.54, 1.807) is 0 Å². The average Bonchev–Trinajstić information content (AvgIpc) is 2.48. The lowest BCUT2D eigenvalue weighted by atomic mass is 10.0. The topological polar surface area (TPSA) is 44.5 Å². The predicted octanol–water partition coefficient (Wildman–Crippen LogP) is 4.55. The lowest BCUT2D eigenvalue weighted by Crippen LogP contribution is -2.07. The molecular formula is C19H25NO2. The zero-order valence-electron chi connectivity index (χ0n) is 13.6. The lowest BCUT2D eigenvalue weighted by molar-refractivity contribution is 0.246. The third-order valence-corrected chi connectivity index (χ3v) is 3.51. The van der Waals surface area contributed by atoms with E-state index in [1.807, 2.05) is 24.3 Å². The van der Waals surface area contributed by atoms with E-state index in [0.717, 1.165) is 17.9 Å². The van der Waals surface area contributed by atoms with Crippen molar-refractivity contribution < 1.29 is 9.47 Å². The molecule has 22 heavy (non-hydrogen) atoms. The van der Waals surface area contributed by atoms with E-state index >= 15 is 0 Å². The molecule has 3 heteroatoms. The van der Waals surface area contributed by atoms with E-state index in [2.05, 4.69) is 39.0 Å². The zero-order valence-corrected chi connectivity index (χ0v) is 13.6. The molecule has 0 aliphatic carbocycles. The molecule has 0 fully saturated rings. The van der Waals surface area contributed by atoms with Gasteiger partial charge in [0.15, 0.2) is 0 Å². The molecule has 2 rings (SSSR count). The Bertz CT molecular complexity index is 608. The molecule has 0 heterocycles. The van der Waals surface area contributed by atoms with Gasteiger partial charge in [-0.15, -0.1) is 0 Å². The maximum atomic E-state index is 5.94. The number of aryl methyl sites for hydroxylation is 1. The van der Waals surface area contributed by atoms with Gasteiger partial charge < -0.3 is 15.2 Å². The fourth-order valence-electron chi connectivity index (χ4n) is 2.28. The fraction of sp³-hybridized carbons (Fsp3) is 0.368. The van der Waals surface area contributed by atoms with Gasteiger partial charge in [0.2, 0.25) is 0 Å². The Hall–Kier alpha value is -2.16. The summed E-state index contributed by atoms with van der Waals surface area (Å²) in [7, 11) is 0. The normalized spacial score (nSPS) is 10.7. The van der Waals surface area contributed by atoms with Crippen molar-refractivity contribution in [3.63, 3.8) is 0 Å². The number of anilines is 1. The van der Waals surface area contributed by atoms with Crippen LogP contribution < -0.4 is 15.2 Å². The Labute approximate surface area is 133 Å². The first-order valence-electron chi connectivity index (χ1n) is 7.78. The molecule has 0 radical (unpaired) electrons. The molecule has 118 valence electrons. The van der Waals surface area contributed by atoms with Gasteiger partial charge in [-0.3, -0.25) is 0 Å². The highest BCUT2D eigenvalue weighted by Crippen LogP contribution is 2.27. The van der Waals surface area contributed by atoms with Crippen LogP contribution in [0.15, 0.2) is 42.5 Å². The Morgan fingerprint density at radius 1 is 0.955 bits per heavy atom. The summed E-state index contributed by atoms with van der Waals surface area (Å²) in [6.45, 7) is 7.67. The van der Waals surface area contributed by atoms with Gasteiger partial charge in [0.05, 0.1) is 18.9 Å². The summed E-state index contributed by atoms with van der Waals surface area (Å²) in [6.07, 6.45) is 0.819. The van der Waals surface area contributed by atoms with Crippen LogP contribution in [0.3, 0.4) is 0 Å². The number of hydrogen-bond donors (Lipinski definition) is 1. The van der Waals surface area contributed by atoms with Crippen LogP contribution in [0.5, 0.6) is 11.5 Å². The van der Waals surface area contributed by atoms with Crippen molar-refractivity contribution in [3.8, 4) is 11.5 Å². The molecule has 0 saturated heterocycles. The minimum atomic E-state index is 0.455. The number of hydrogen-bond acceptors (Lipinski definition) is 3. The van der Waals surface area contributed by atoms with Gasteiger partial charge in [-0.05, 0) is 42.2 Å². The summed E-state index contributed by atoms with van der Waals surface area (Å²) in [5.74, 6) is 2.17. The molecule has 2 aromatic rings. The highest BCUT2D eigenvalue weighted by Gasteiger charge is 2.08. The predicted molar refractivity (Wildman–Crippen MR) is 91.7 cm³/mol.